The Balaban J connectivity index is 1.84. The van der Waals surface area contributed by atoms with E-state index in [-0.39, 0.29) is 6.04 Å². The summed E-state index contributed by atoms with van der Waals surface area (Å²) in [5.41, 5.74) is 5.13. The lowest BCUT2D eigenvalue weighted by atomic mass is 9.95. The fourth-order valence-corrected chi connectivity index (χ4v) is 3.83. The van der Waals surface area contributed by atoms with Crippen molar-refractivity contribution in [1.29, 1.82) is 0 Å². The van der Waals surface area contributed by atoms with E-state index in [0.29, 0.717) is 0 Å². The van der Waals surface area contributed by atoms with Crippen LogP contribution < -0.4 is 0 Å². The number of piperazine rings is 1. The molecule has 1 N–H and O–H groups in total. The summed E-state index contributed by atoms with van der Waals surface area (Å²) in [6.07, 6.45) is 3.87. The highest BCUT2D eigenvalue weighted by molar-refractivity contribution is 5.85. The minimum absolute atomic E-state index is 0.253. The van der Waals surface area contributed by atoms with Gasteiger partial charge in [0, 0.05) is 60.7 Å². The number of benzene rings is 1. The van der Waals surface area contributed by atoms with Crippen LogP contribution in [0.15, 0.2) is 48.8 Å². The minimum Gasteiger partial charge on any atom is -0.358 e. The molecule has 0 bridgehead atoms. The molecule has 0 aliphatic carbocycles. The highest BCUT2D eigenvalue weighted by atomic mass is 15.3. The maximum atomic E-state index is 4.39. The molecule has 0 unspecified atom stereocenters. The molecule has 0 radical (unpaired) electrons. The van der Waals surface area contributed by atoms with Gasteiger partial charge in [0.2, 0.25) is 0 Å². The molecule has 4 rings (SSSR count). The number of aromatic amines is 1. The van der Waals surface area contributed by atoms with Crippen LogP contribution in [0, 0.1) is 6.92 Å². The van der Waals surface area contributed by atoms with Crippen LogP contribution in [0.2, 0.25) is 0 Å². The van der Waals surface area contributed by atoms with Crippen LogP contribution in [0.25, 0.3) is 10.9 Å². The van der Waals surface area contributed by atoms with Crippen molar-refractivity contribution in [2.24, 2.45) is 0 Å². The Bertz CT molecular complexity index is 816. The monoisotopic (exact) mass is 320 g/mol. The van der Waals surface area contributed by atoms with Gasteiger partial charge in [0.25, 0.3) is 0 Å². The predicted octanol–water partition coefficient (Wildman–Crippen LogP) is 3.21. The van der Waals surface area contributed by atoms with Gasteiger partial charge in [-0.3, -0.25) is 9.88 Å². The maximum Gasteiger partial charge on any atom is 0.0641 e. The zero-order valence-electron chi connectivity index (χ0n) is 14.4. The van der Waals surface area contributed by atoms with E-state index in [2.05, 4.69) is 64.1 Å². The second-order valence-corrected chi connectivity index (χ2v) is 6.74. The number of H-pyrrole nitrogens is 1. The standard InChI is InChI=1S/C20H24N4/c1-15-19(17-7-3-4-8-18(17)22-15)20(16-6-5-9-21-14-16)24-12-10-23(2)11-13-24/h3-9,14,20,22H,10-13H2,1-2H3/t20-/m0/s1. The van der Waals surface area contributed by atoms with Gasteiger partial charge < -0.3 is 9.88 Å². The summed E-state index contributed by atoms with van der Waals surface area (Å²) in [6, 6.07) is 13.1. The molecular formula is C20H24N4. The number of para-hydroxylation sites is 1. The smallest absolute Gasteiger partial charge is 0.0641 e. The average Bonchev–Trinajstić information content (AvgIpc) is 2.94. The molecular weight excluding hydrogens is 296 g/mol. The van der Waals surface area contributed by atoms with Gasteiger partial charge in [-0.1, -0.05) is 24.3 Å². The van der Waals surface area contributed by atoms with E-state index >= 15 is 0 Å². The van der Waals surface area contributed by atoms with Gasteiger partial charge in [-0.05, 0) is 31.7 Å². The predicted molar refractivity (Wildman–Crippen MR) is 98.2 cm³/mol. The molecule has 24 heavy (non-hydrogen) atoms. The maximum absolute atomic E-state index is 4.39. The number of likely N-dealkylation sites (N-methyl/N-ethyl adjacent to an activating group) is 1. The van der Waals surface area contributed by atoms with Crippen LogP contribution in [-0.4, -0.2) is 53.0 Å². The molecule has 124 valence electrons. The van der Waals surface area contributed by atoms with E-state index in [9.17, 15) is 0 Å². The van der Waals surface area contributed by atoms with Crippen LogP contribution in [0.3, 0.4) is 0 Å². The first-order valence-corrected chi connectivity index (χ1v) is 8.64. The Morgan fingerprint density at radius 2 is 1.83 bits per heavy atom. The summed E-state index contributed by atoms with van der Waals surface area (Å²) in [4.78, 5) is 13.0. The largest absolute Gasteiger partial charge is 0.358 e. The lowest BCUT2D eigenvalue weighted by Gasteiger charge is -2.38. The summed E-state index contributed by atoms with van der Waals surface area (Å²) in [5, 5.41) is 1.32. The third-order valence-corrected chi connectivity index (χ3v) is 5.12. The first kappa shape index (κ1) is 15.4. The van der Waals surface area contributed by atoms with Crippen molar-refractivity contribution in [3.05, 3.63) is 65.6 Å². The Morgan fingerprint density at radius 1 is 1.04 bits per heavy atom. The van der Waals surface area contributed by atoms with E-state index in [0.717, 1.165) is 26.2 Å². The van der Waals surface area contributed by atoms with Crippen molar-refractivity contribution in [3.63, 3.8) is 0 Å². The van der Waals surface area contributed by atoms with Gasteiger partial charge >= 0.3 is 0 Å². The lowest BCUT2D eigenvalue weighted by Crippen LogP contribution is -2.46. The number of hydrogen-bond acceptors (Lipinski definition) is 3. The molecule has 0 saturated carbocycles. The molecule has 1 saturated heterocycles. The fraction of sp³-hybridized carbons (Fsp3) is 0.350. The topological polar surface area (TPSA) is 35.2 Å². The van der Waals surface area contributed by atoms with Crippen molar-refractivity contribution in [2.75, 3.05) is 33.2 Å². The van der Waals surface area contributed by atoms with Gasteiger partial charge in [0.1, 0.15) is 0 Å². The summed E-state index contributed by atoms with van der Waals surface area (Å²) in [6.45, 7) is 6.56. The summed E-state index contributed by atoms with van der Waals surface area (Å²) in [5.74, 6) is 0. The average molecular weight is 320 g/mol. The fourth-order valence-electron chi connectivity index (χ4n) is 3.83. The summed E-state index contributed by atoms with van der Waals surface area (Å²) in [7, 11) is 2.20. The first-order chi connectivity index (χ1) is 11.7. The molecule has 1 aliphatic heterocycles. The van der Waals surface area contributed by atoms with E-state index in [1.54, 1.807) is 0 Å². The van der Waals surface area contributed by atoms with Crippen LogP contribution in [-0.2, 0) is 0 Å². The Morgan fingerprint density at radius 3 is 2.58 bits per heavy atom. The van der Waals surface area contributed by atoms with E-state index in [4.69, 9.17) is 0 Å². The SMILES string of the molecule is Cc1[nH]c2ccccc2c1[C@H](c1cccnc1)N1CCN(C)CC1. The molecule has 3 aromatic rings. The third kappa shape index (κ3) is 2.72. The Hall–Kier alpha value is -2.17. The lowest BCUT2D eigenvalue weighted by molar-refractivity contribution is 0.127. The van der Waals surface area contributed by atoms with E-state index in [1.165, 1.54) is 27.7 Å². The number of rotatable bonds is 3. The molecule has 1 atom stereocenters. The normalized spacial score (nSPS) is 18.1. The van der Waals surface area contributed by atoms with Crippen LogP contribution >= 0.6 is 0 Å². The number of aromatic nitrogens is 2. The number of fused-ring (bicyclic) bond motifs is 1. The van der Waals surface area contributed by atoms with Gasteiger partial charge in [-0.2, -0.15) is 0 Å². The second-order valence-electron chi connectivity index (χ2n) is 6.74. The molecule has 0 amide bonds. The molecule has 1 fully saturated rings. The molecule has 2 aromatic heterocycles. The highest BCUT2D eigenvalue weighted by Gasteiger charge is 2.28. The first-order valence-electron chi connectivity index (χ1n) is 8.64. The van der Waals surface area contributed by atoms with E-state index < -0.39 is 0 Å². The van der Waals surface area contributed by atoms with Gasteiger partial charge in [-0.25, -0.2) is 0 Å². The molecule has 4 nitrogen and oxygen atoms in total. The third-order valence-electron chi connectivity index (χ3n) is 5.12. The van der Waals surface area contributed by atoms with Crippen molar-refractivity contribution in [3.8, 4) is 0 Å². The second kappa shape index (κ2) is 6.38. The molecule has 1 aromatic carbocycles. The van der Waals surface area contributed by atoms with Gasteiger partial charge in [0.15, 0.2) is 0 Å². The van der Waals surface area contributed by atoms with E-state index in [1.807, 2.05) is 18.5 Å². The molecule has 1 aliphatic rings. The summed E-state index contributed by atoms with van der Waals surface area (Å²) >= 11 is 0. The van der Waals surface area contributed by atoms with Crippen molar-refractivity contribution in [1.82, 2.24) is 19.8 Å². The van der Waals surface area contributed by atoms with Crippen LogP contribution in [0.1, 0.15) is 22.9 Å². The number of nitrogens with one attached hydrogen (secondary N) is 1. The number of aryl methyl sites for hydroxylation is 1. The van der Waals surface area contributed by atoms with Crippen LogP contribution in [0.4, 0.5) is 0 Å². The van der Waals surface area contributed by atoms with Crippen molar-refractivity contribution in [2.45, 2.75) is 13.0 Å². The molecule has 4 heteroatoms. The van der Waals surface area contributed by atoms with Crippen molar-refractivity contribution < 1.29 is 0 Å². The minimum atomic E-state index is 0.253. The van der Waals surface area contributed by atoms with Crippen molar-refractivity contribution >= 4 is 10.9 Å². The number of pyridine rings is 1. The quantitative estimate of drug-likeness (QED) is 0.805. The Kier molecular flexibility index (Phi) is 4.08. The molecule has 3 heterocycles. The number of hydrogen-bond donors (Lipinski definition) is 1. The zero-order valence-corrected chi connectivity index (χ0v) is 14.4. The highest BCUT2D eigenvalue weighted by Crippen LogP contribution is 2.36. The zero-order chi connectivity index (χ0) is 16.5. The number of nitrogens with zero attached hydrogens (tertiary/aromatic N) is 3. The van der Waals surface area contributed by atoms with Gasteiger partial charge in [-0.15, -0.1) is 0 Å². The molecule has 0 spiro atoms. The van der Waals surface area contributed by atoms with Crippen LogP contribution in [0.5, 0.6) is 0 Å². The Labute approximate surface area is 143 Å². The van der Waals surface area contributed by atoms with Gasteiger partial charge in [0.05, 0.1) is 6.04 Å². The summed E-state index contributed by atoms with van der Waals surface area (Å²) < 4.78 is 0.